The molecule has 1 atom stereocenters. The normalized spacial score (nSPS) is 15.8. The Hall–Kier alpha value is -3.36. The zero-order chi connectivity index (χ0) is 22.2. The number of benzene rings is 2. The number of aliphatic imine (C=N–C) groups is 1. The Labute approximate surface area is 179 Å². The van der Waals surface area contributed by atoms with E-state index in [0.717, 1.165) is 16.8 Å². The predicted molar refractivity (Wildman–Crippen MR) is 115 cm³/mol. The number of hydrogen-bond donors (Lipinski definition) is 3. The Morgan fingerprint density at radius 2 is 2.03 bits per heavy atom. The minimum absolute atomic E-state index is 0.00484. The van der Waals surface area contributed by atoms with Crippen molar-refractivity contribution in [2.75, 3.05) is 32.6 Å². The number of nitrogens with zero attached hydrogens (tertiary/aromatic N) is 1. The van der Waals surface area contributed by atoms with Crippen LogP contribution in [0.4, 0.5) is 14.5 Å². The van der Waals surface area contributed by atoms with E-state index in [1.807, 2.05) is 24.3 Å². The minimum atomic E-state index is -2.92. The van der Waals surface area contributed by atoms with Crippen LogP contribution in [0.2, 0.25) is 0 Å². The fraction of sp³-hybridized carbons (Fsp3) is 0.364. The summed E-state index contributed by atoms with van der Waals surface area (Å²) in [7, 11) is 3.07. The Bertz CT molecular complexity index is 937. The number of halogens is 2. The number of fused-ring (bicyclic) bond motifs is 1. The Morgan fingerprint density at radius 3 is 2.77 bits per heavy atom. The van der Waals surface area contributed by atoms with E-state index in [1.54, 1.807) is 25.2 Å². The maximum absolute atomic E-state index is 12.6. The summed E-state index contributed by atoms with van der Waals surface area (Å²) in [5, 5.41) is 9.35. The number of carbonyl (C=O) groups excluding carboxylic acids is 1. The lowest BCUT2D eigenvalue weighted by molar-refractivity contribution is -0.116. The molecule has 0 saturated carbocycles. The van der Waals surface area contributed by atoms with Crippen LogP contribution in [0.1, 0.15) is 23.5 Å². The molecule has 166 valence electrons. The molecule has 7 nitrogen and oxygen atoms in total. The van der Waals surface area contributed by atoms with Gasteiger partial charge in [0.1, 0.15) is 0 Å². The Balaban J connectivity index is 1.53. The van der Waals surface area contributed by atoms with E-state index in [4.69, 9.17) is 4.74 Å². The molecular formula is C22H26F2N4O3. The van der Waals surface area contributed by atoms with E-state index in [0.29, 0.717) is 31.9 Å². The first-order valence-electron chi connectivity index (χ1n) is 9.95. The van der Waals surface area contributed by atoms with E-state index in [2.05, 4.69) is 25.7 Å². The fourth-order valence-electron chi connectivity index (χ4n) is 3.51. The number of hydrogen-bond acceptors (Lipinski definition) is 4. The lowest BCUT2D eigenvalue weighted by Crippen LogP contribution is -2.41. The SMILES string of the molecule is CN=C(NCCc1ccc(OC)c(OC(F)F)c1)NCC1CC(=O)Nc2ccccc21. The van der Waals surface area contributed by atoms with E-state index in [9.17, 15) is 13.6 Å². The van der Waals surface area contributed by atoms with Crippen molar-refractivity contribution >= 4 is 17.6 Å². The van der Waals surface area contributed by atoms with Crippen LogP contribution in [0.25, 0.3) is 0 Å². The molecule has 31 heavy (non-hydrogen) atoms. The van der Waals surface area contributed by atoms with Gasteiger partial charge in [-0.05, 0) is 35.7 Å². The molecule has 2 aromatic rings. The van der Waals surface area contributed by atoms with Crippen molar-refractivity contribution in [3.05, 3.63) is 53.6 Å². The molecule has 3 N–H and O–H groups in total. The summed E-state index contributed by atoms with van der Waals surface area (Å²) in [6, 6.07) is 12.7. The van der Waals surface area contributed by atoms with E-state index in [-0.39, 0.29) is 23.3 Å². The van der Waals surface area contributed by atoms with Crippen LogP contribution in [0.15, 0.2) is 47.5 Å². The number of amides is 1. The van der Waals surface area contributed by atoms with Crippen molar-refractivity contribution in [3.63, 3.8) is 0 Å². The van der Waals surface area contributed by atoms with E-state index < -0.39 is 6.61 Å². The Kier molecular flexibility index (Phi) is 7.64. The number of anilines is 1. The zero-order valence-corrected chi connectivity index (χ0v) is 17.5. The second-order valence-electron chi connectivity index (χ2n) is 7.03. The third-order valence-electron chi connectivity index (χ3n) is 5.00. The molecule has 0 radical (unpaired) electrons. The van der Waals surface area contributed by atoms with Gasteiger partial charge in [0, 0.05) is 38.2 Å². The van der Waals surface area contributed by atoms with Crippen LogP contribution in [0, 0.1) is 0 Å². The number of alkyl halides is 2. The van der Waals surface area contributed by atoms with Gasteiger partial charge in [-0.2, -0.15) is 8.78 Å². The number of ether oxygens (including phenoxy) is 2. The van der Waals surface area contributed by atoms with Crippen LogP contribution < -0.4 is 25.4 Å². The molecular weight excluding hydrogens is 406 g/mol. The first-order valence-corrected chi connectivity index (χ1v) is 9.95. The lowest BCUT2D eigenvalue weighted by atomic mass is 9.90. The van der Waals surface area contributed by atoms with Gasteiger partial charge in [0.2, 0.25) is 5.91 Å². The maximum atomic E-state index is 12.6. The van der Waals surface area contributed by atoms with E-state index >= 15 is 0 Å². The first kappa shape index (κ1) is 22.3. The molecule has 1 unspecified atom stereocenters. The fourth-order valence-corrected chi connectivity index (χ4v) is 3.51. The highest BCUT2D eigenvalue weighted by Gasteiger charge is 2.24. The van der Waals surface area contributed by atoms with Gasteiger partial charge in [0.25, 0.3) is 0 Å². The van der Waals surface area contributed by atoms with Gasteiger partial charge in [0.05, 0.1) is 7.11 Å². The summed E-state index contributed by atoms with van der Waals surface area (Å²) >= 11 is 0. The summed E-state index contributed by atoms with van der Waals surface area (Å²) in [4.78, 5) is 16.2. The summed E-state index contributed by atoms with van der Waals surface area (Å²) in [5.74, 6) is 0.896. The molecule has 0 fully saturated rings. The second-order valence-corrected chi connectivity index (χ2v) is 7.03. The quantitative estimate of drug-likeness (QED) is 0.441. The number of nitrogens with one attached hydrogen (secondary N) is 3. The van der Waals surface area contributed by atoms with Crippen molar-refractivity contribution in [1.82, 2.24) is 10.6 Å². The summed E-state index contributed by atoms with van der Waals surface area (Å²) in [5.41, 5.74) is 2.75. The maximum Gasteiger partial charge on any atom is 0.387 e. The molecule has 1 aliphatic heterocycles. The van der Waals surface area contributed by atoms with Crippen molar-refractivity contribution in [1.29, 1.82) is 0 Å². The molecule has 0 bridgehead atoms. The van der Waals surface area contributed by atoms with Gasteiger partial charge < -0.3 is 25.4 Å². The number of methoxy groups -OCH3 is 1. The summed E-state index contributed by atoms with van der Waals surface area (Å²) in [6.07, 6.45) is 0.971. The number of carbonyl (C=O) groups is 1. The average molecular weight is 432 g/mol. The van der Waals surface area contributed by atoms with Crippen LogP contribution in [-0.4, -0.2) is 45.7 Å². The third kappa shape index (κ3) is 6.07. The third-order valence-corrected chi connectivity index (χ3v) is 5.00. The van der Waals surface area contributed by atoms with Gasteiger partial charge in [-0.3, -0.25) is 9.79 Å². The van der Waals surface area contributed by atoms with Crippen LogP contribution >= 0.6 is 0 Å². The molecule has 0 saturated heterocycles. The second kappa shape index (κ2) is 10.6. The van der Waals surface area contributed by atoms with Gasteiger partial charge >= 0.3 is 6.61 Å². The molecule has 0 aromatic heterocycles. The van der Waals surface area contributed by atoms with Crippen molar-refractivity contribution in [2.45, 2.75) is 25.4 Å². The molecule has 1 amide bonds. The minimum Gasteiger partial charge on any atom is -0.493 e. The molecule has 1 heterocycles. The van der Waals surface area contributed by atoms with Gasteiger partial charge in [0.15, 0.2) is 17.5 Å². The van der Waals surface area contributed by atoms with Gasteiger partial charge in [-0.15, -0.1) is 0 Å². The highest BCUT2D eigenvalue weighted by atomic mass is 19.3. The number of rotatable bonds is 8. The predicted octanol–water partition coefficient (Wildman–Crippen LogP) is 3.13. The molecule has 2 aromatic carbocycles. The number of para-hydroxylation sites is 1. The van der Waals surface area contributed by atoms with Crippen molar-refractivity contribution in [2.24, 2.45) is 4.99 Å². The monoisotopic (exact) mass is 432 g/mol. The molecule has 3 rings (SSSR count). The van der Waals surface area contributed by atoms with E-state index in [1.165, 1.54) is 7.11 Å². The lowest BCUT2D eigenvalue weighted by Gasteiger charge is -2.26. The van der Waals surface area contributed by atoms with Gasteiger partial charge in [-0.1, -0.05) is 24.3 Å². The van der Waals surface area contributed by atoms with Crippen LogP contribution in [0.5, 0.6) is 11.5 Å². The smallest absolute Gasteiger partial charge is 0.387 e. The van der Waals surface area contributed by atoms with Crippen molar-refractivity contribution < 1.29 is 23.0 Å². The largest absolute Gasteiger partial charge is 0.493 e. The highest BCUT2D eigenvalue weighted by molar-refractivity contribution is 5.94. The highest BCUT2D eigenvalue weighted by Crippen LogP contribution is 2.31. The topological polar surface area (TPSA) is 84.0 Å². The van der Waals surface area contributed by atoms with Gasteiger partial charge in [-0.25, -0.2) is 0 Å². The average Bonchev–Trinajstić information content (AvgIpc) is 2.75. The summed E-state index contributed by atoms with van der Waals surface area (Å²) in [6.45, 7) is -1.83. The molecule has 9 heteroatoms. The standard InChI is InChI=1S/C22H26F2N4O3/c1-25-22(27-13-15-12-20(29)28-17-6-4-3-5-16(15)17)26-10-9-14-7-8-18(30-2)19(11-14)31-21(23)24/h3-8,11,15,21H,9-10,12-13H2,1-2H3,(H,28,29)(H2,25,26,27). The summed E-state index contributed by atoms with van der Waals surface area (Å²) < 4.78 is 34.7. The van der Waals surface area contributed by atoms with Crippen LogP contribution in [-0.2, 0) is 11.2 Å². The zero-order valence-electron chi connectivity index (χ0n) is 17.5. The molecule has 0 aliphatic carbocycles. The van der Waals surface area contributed by atoms with Crippen LogP contribution in [0.3, 0.4) is 0 Å². The number of guanidine groups is 1. The molecule has 0 spiro atoms. The Morgan fingerprint density at radius 1 is 1.23 bits per heavy atom. The van der Waals surface area contributed by atoms with Crippen molar-refractivity contribution in [3.8, 4) is 11.5 Å². The first-order chi connectivity index (χ1) is 15.0. The molecule has 1 aliphatic rings.